The summed E-state index contributed by atoms with van der Waals surface area (Å²) in [7, 11) is 0. The van der Waals surface area contributed by atoms with Crippen molar-refractivity contribution < 1.29 is 18.7 Å². The Labute approximate surface area is 187 Å². The monoisotopic (exact) mass is 431 g/mol. The molecular formula is C27H26FNO3. The molecule has 164 valence electrons. The molecule has 3 atom stereocenters. The molecule has 0 radical (unpaired) electrons. The molecule has 1 unspecified atom stereocenters. The maximum absolute atomic E-state index is 13.5. The maximum atomic E-state index is 13.5. The fourth-order valence-corrected chi connectivity index (χ4v) is 5.01. The molecule has 1 aliphatic heterocycles. The van der Waals surface area contributed by atoms with Gasteiger partial charge in [0.1, 0.15) is 23.3 Å². The zero-order valence-corrected chi connectivity index (χ0v) is 18.0. The van der Waals surface area contributed by atoms with Crippen LogP contribution in [-0.2, 0) is 10.3 Å². The largest absolute Gasteiger partial charge is 0.412 e. The van der Waals surface area contributed by atoms with E-state index in [9.17, 15) is 9.18 Å². The number of nitrogens with one attached hydrogen (secondary N) is 1. The Morgan fingerprint density at radius 3 is 2.56 bits per heavy atom. The molecule has 5 heteroatoms. The summed E-state index contributed by atoms with van der Waals surface area (Å²) in [6, 6.07) is 21.8. The van der Waals surface area contributed by atoms with Crippen molar-refractivity contribution in [1.82, 2.24) is 5.32 Å². The van der Waals surface area contributed by atoms with Gasteiger partial charge in [-0.3, -0.25) is 0 Å². The molecule has 0 saturated heterocycles. The first-order valence-corrected chi connectivity index (χ1v) is 11.1. The lowest BCUT2D eigenvalue weighted by Crippen LogP contribution is -2.53. The van der Waals surface area contributed by atoms with E-state index in [2.05, 4.69) is 17.4 Å². The lowest BCUT2D eigenvalue weighted by molar-refractivity contribution is -0.103. The number of halogens is 1. The number of rotatable bonds is 3. The fraction of sp³-hybridized carbons (Fsp3) is 0.296. The van der Waals surface area contributed by atoms with Gasteiger partial charge < -0.3 is 14.8 Å². The van der Waals surface area contributed by atoms with Crippen LogP contribution < -0.4 is 10.1 Å². The number of benzene rings is 3. The van der Waals surface area contributed by atoms with Gasteiger partial charge in [-0.25, -0.2) is 9.18 Å². The zero-order chi connectivity index (χ0) is 22.1. The normalized spacial score (nSPS) is 24.2. The Morgan fingerprint density at radius 1 is 1.03 bits per heavy atom. The highest BCUT2D eigenvalue weighted by atomic mass is 19.1. The lowest BCUT2D eigenvalue weighted by atomic mass is 9.75. The molecule has 1 amide bonds. The second kappa shape index (κ2) is 8.40. The van der Waals surface area contributed by atoms with Gasteiger partial charge in [0.15, 0.2) is 0 Å². The number of hydrogen-bond acceptors (Lipinski definition) is 3. The molecule has 1 saturated carbocycles. The van der Waals surface area contributed by atoms with E-state index < -0.39 is 11.7 Å². The minimum absolute atomic E-state index is 0.221. The number of aryl methyl sites for hydroxylation is 1. The Hall–Kier alpha value is -3.18. The number of hydrogen-bond donors (Lipinski definition) is 1. The van der Waals surface area contributed by atoms with E-state index in [1.807, 2.05) is 31.2 Å². The molecule has 1 heterocycles. The summed E-state index contributed by atoms with van der Waals surface area (Å²) in [6.07, 6.45) is 2.83. The first-order chi connectivity index (χ1) is 15.5. The molecule has 4 nitrogen and oxygen atoms in total. The number of amides is 1. The van der Waals surface area contributed by atoms with Crippen LogP contribution in [0.5, 0.6) is 5.75 Å². The van der Waals surface area contributed by atoms with Crippen LogP contribution in [0.1, 0.15) is 54.0 Å². The maximum Gasteiger partial charge on any atom is 0.412 e. The van der Waals surface area contributed by atoms with Crippen LogP contribution in [0.25, 0.3) is 0 Å². The van der Waals surface area contributed by atoms with Gasteiger partial charge in [0, 0.05) is 0 Å². The van der Waals surface area contributed by atoms with Gasteiger partial charge in [-0.15, -0.1) is 0 Å². The molecule has 1 N–H and O–H groups in total. The number of carbonyl (C=O) groups is 1. The molecule has 1 spiro atoms. The Morgan fingerprint density at radius 2 is 1.78 bits per heavy atom. The minimum Gasteiger partial charge on any atom is -0.410 e. The first kappa shape index (κ1) is 20.7. The predicted octanol–water partition coefficient (Wildman–Crippen LogP) is 6.18. The van der Waals surface area contributed by atoms with Crippen LogP contribution in [0.4, 0.5) is 9.18 Å². The van der Waals surface area contributed by atoms with E-state index >= 15 is 0 Å². The Kier molecular flexibility index (Phi) is 5.43. The molecule has 32 heavy (non-hydrogen) atoms. The van der Waals surface area contributed by atoms with Crippen LogP contribution in [0.3, 0.4) is 0 Å². The summed E-state index contributed by atoms with van der Waals surface area (Å²) < 4.78 is 25.8. The highest BCUT2D eigenvalue weighted by Crippen LogP contribution is 2.53. The summed E-state index contributed by atoms with van der Waals surface area (Å²) >= 11 is 0. The van der Waals surface area contributed by atoms with Crippen LogP contribution in [0.2, 0.25) is 0 Å². The molecule has 2 aliphatic rings. The Balaban J connectivity index is 1.44. The predicted molar refractivity (Wildman–Crippen MR) is 120 cm³/mol. The van der Waals surface area contributed by atoms with E-state index in [1.165, 1.54) is 12.1 Å². The standard InChI is InChI=1S/C27H26FNO3/c1-18-9-15-21(16-10-18)31-26(30)29-24-8-4-5-17-27(24)23-7-3-2-6-22(23)25(32-27)19-11-13-20(28)14-12-19/h2-3,6-7,9-16,24-25H,4-5,8,17H2,1H3,(H,29,30)/t24?,25-,27+/m1/s1. The molecule has 3 aromatic carbocycles. The zero-order valence-electron chi connectivity index (χ0n) is 18.0. The minimum atomic E-state index is -0.639. The van der Waals surface area contributed by atoms with Gasteiger partial charge in [0.2, 0.25) is 0 Å². The van der Waals surface area contributed by atoms with Crippen molar-refractivity contribution in [2.24, 2.45) is 0 Å². The highest BCUT2D eigenvalue weighted by molar-refractivity contribution is 5.71. The van der Waals surface area contributed by atoms with Gasteiger partial charge in [-0.1, -0.05) is 66.9 Å². The summed E-state index contributed by atoms with van der Waals surface area (Å²) in [5.41, 5.74) is 3.53. The van der Waals surface area contributed by atoms with Crippen molar-refractivity contribution in [2.75, 3.05) is 0 Å². The number of fused-ring (bicyclic) bond motifs is 2. The second-order valence-corrected chi connectivity index (χ2v) is 8.67. The highest BCUT2D eigenvalue weighted by Gasteiger charge is 2.52. The first-order valence-electron chi connectivity index (χ1n) is 11.1. The van der Waals surface area contributed by atoms with Gasteiger partial charge in [0.05, 0.1) is 6.04 Å². The molecule has 1 aliphatic carbocycles. The van der Waals surface area contributed by atoms with Crippen LogP contribution in [0.15, 0.2) is 72.8 Å². The third-order valence-corrected chi connectivity index (χ3v) is 6.58. The molecule has 0 bridgehead atoms. The van der Waals surface area contributed by atoms with Gasteiger partial charge in [-0.2, -0.15) is 0 Å². The van der Waals surface area contributed by atoms with E-state index in [0.29, 0.717) is 5.75 Å². The molecular weight excluding hydrogens is 405 g/mol. The SMILES string of the molecule is Cc1ccc(OC(=O)NC2CCCC[C@@]23O[C@H](c2ccc(F)cc2)c2ccccc23)cc1. The number of carbonyl (C=O) groups excluding carboxylic acids is 1. The van der Waals surface area contributed by atoms with Crippen LogP contribution in [-0.4, -0.2) is 12.1 Å². The van der Waals surface area contributed by atoms with Crippen molar-refractivity contribution in [3.8, 4) is 5.75 Å². The second-order valence-electron chi connectivity index (χ2n) is 8.67. The average molecular weight is 432 g/mol. The van der Waals surface area contributed by atoms with Gasteiger partial charge in [-0.05, 0) is 60.7 Å². The quantitative estimate of drug-likeness (QED) is 0.539. The van der Waals surface area contributed by atoms with Crippen molar-refractivity contribution in [3.63, 3.8) is 0 Å². The van der Waals surface area contributed by atoms with Gasteiger partial charge >= 0.3 is 6.09 Å². The fourth-order valence-electron chi connectivity index (χ4n) is 5.01. The van der Waals surface area contributed by atoms with Crippen molar-refractivity contribution in [1.29, 1.82) is 0 Å². The van der Waals surface area contributed by atoms with Crippen molar-refractivity contribution in [2.45, 2.75) is 50.4 Å². The van der Waals surface area contributed by atoms with Crippen molar-refractivity contribution in [3.05, 3.63) is 101 Å². The molecule has 1 fully saturated rings. The van der Waals surface area contributed by atoms with E-state index in [-0.39, 0.29) is 18.0 Å². The van der Waals surface area contributed by atoms with Gasteiger partial charge in [0.25, 0.3) is 0 Å². The summed E-state index contributed by atoms with van der Waals surface area (Å²) in [5, 5.41) is 3.09. The van der Waals surface area contributed by atoms with E-state index in [1.54, 1.807) is 24.3 Å². The van der Waals surface area contributed by atoms with E-state index in [4.69, 9.17) is 9.47 Å². The third-order valence-electron chi connectivity index (χ3n) is 6.58. The smallest absolute Gasteiger partial charge is 0.410 e. The summed E-state index contributed by atoms with van der Waals surface area (Å²) in [5.74, 6) is 0.237. The number of ether oxygens (including phenoxy) is 2. The molecule has 3 aromatic rings. The van der Waals surface area contributed by atoms with Crippen LogP contribution >= 0.6 is 0 Å². The summed E-state index contributed by atoms with van der Waals surface area (Å²) in [4.78, 5) is 12.8. The van der Waals surface area contributed by atoms with Crippen LogP contribution in [0, 0.1) is 12.7 Å². The molecule has 5 rings (SSSR count). The summed E-state index contributed by atoms with van der Waals surface area (Å²) in [6.45, 7) is 1.99. The Bertz CT molecular complexity index is 1110. The third kappa shape index (κ3) is 3.78. The van der Waals surface area contributed by atoms with E-state index in [0.717, 1.165) is 47.9 Å². The topological polar surface area (TPSA) is 47.6 Å². The lowest BCUT2D eigenvalue weighted by Gasteiger charge is -2.42. The molecule has 0 aromatic heterocycles. The average Bonchev–Trinajstić information content (AvgIpc) is 3.13. The van der Waals surface area contributed by atoms with Crippen molar-refractivity contribution >= 4 is 6.09 Å².